The zero-order chi connectivity index (χ0) is 18.6. The first-order chi connectivity index (χ1) is 13.2. The molecule has 1 unspecified atom stereocenters. The maximum absolute atomic E-state index is 13.0. The molecule has 1 saturated heterocycles. The third-order valence-corrected chi connectivity index (χ3v) is 5.45. The van der Waals surface area contributed by atoms with Gasteiger partial charge in [-0.05, 0) is 61.7 Å². The number of rotatable bonds is 5. The Balaban J connectivity index is 1.30. The van der Waals surface area contributed by atoms with Crippen LogP contribution in [0.5, 0.6) is 5.75 Å². The summed E-state index contributed by atoms with van der Waals surface area (Å²) >= 11 is 0. The first kappa shape index (κ1) is 18.0. The van der Waals surface area contributed by atoms with E-state index in [1.807, 2.05) is 29.2 Å². The summed E-state index contributed by atoms with van der Waals surface area (Å²) < 4.78 is 19.0. The quantitative estimate of drug-likeness (QED) is 0.811. The predicted octanol–water partition coefficient (Wildman–Crippen LogP) is 3.37. The molecule has 5 heteroatoms. The molecule has 0 spiro atoms. The number of carbonyl (C=O) groups excluding carboxylic acids is 1. The Morgan fingerprint density at radius 1 is 1.04 bits per heavy atom. The fraction of sp³-hybridized carbons (Fsp3) is 0.409. The Labute approximate surface area is 159 Å². The normalized spacial score (nSPS) is 20.4. The van der Waals surface area contributed by atoms with Gasteiger partial charge in [0, 0.05) is 31.7 Å². The molecule has 27 heavy (non-hydrogen) atoms. The highest BCUT2D eigenvalue weighted by Gasteiger charge is 2.26. The van der Waals surface area contributed by atoms with Gasteiger partial charge >= 0.3 is 0 Å². The molecule has 142 valence electrons. The largest absolute Gasteiger partial charge is 0.489 e. The summed E-state index contributed by atoms with van der Waals surface area (Å²) in [6.07, 6.45) is 3.12. The molecule has 2 aliphatic heterocycles. The van der Waals surface area contributed by atoms with Crippen molar-refractivity contribution < 1.29 is 13.9 Å². The van der Waals surface area contributed by atoms with Crippen LogP contribution in [0.3, 0.4) is 0 Å². The molecule has 2 heterocycles. The van der Waals surface area contributed by atoms with E-state index >= 15 is 0 Å². The van der Waals surface area contributed by atoms with Gasteiger partial charge in [-0.25, -0.2) is 4.39 Å². The van der Waals surface area contributed by atoms with E-state index in [4.69, 9.17) is 4.74 Å². The van der Waals surface area contributed by atoms with Crippen LogP contribution in [0.4, 0.5) is 4.39 Å². The molecule has 0 N–H and O–H groups in total. The third-order valence-electron chi connectivity index (χ3n) is 5.45. The SMILES string of the molecule is O=C1c2ccccc2CCN1CCN1CCCC(Oc2ccc(F)cc2)C1. The number of benzene rings is 2. The first-order valence-corrected chi connectivity index (χ1v) is 9.71. The van der Waals surface area contributed by atoms with Crippen LogP contribution in [0.15, 0.2) is 48.5 Å². The number of nitrogens with zero attached hydrogens (tertiary/aromatic N) is 2. The average Bonchev–Trinajstić information content (AvgIpc) is 2.70. The van der Waals surface area contributed by atoms with Gasteiger partial charge in [-0.3, -0.25) is 9.69 Å². The molecule has 1 atom stereocenters. The first-order valence-electron chi connectivity index (χ1n) is 9.71. The van der Waals surface area contributed by atoms with Crippen LogP contribution in [0, 0.1) is 5.82 Å². The van der Waals surface area contributed by atoms with Gasteiger partial charge in [0.05, 0.1) is 0 Å². The van der Waals surface area contributed by atoms with Gasteiger partial charge in [-0.2, -0.15) is 0 Å². The summed E-state index contributed by atoms with van der Waals surface area (Å²) in [5.74, 6) is 0.611. The molecule has 2 aromatic rings. The second-order valence-electron chi connectivity index (χ2n) is 7.34. The van der Waals surface area contributed by atoms with Crippen molar-refractivity contribution in [3.05, 3.63) is 65.5 Å². The van der Waals surface area contributed by atoms with Crippen LogP contribution in [0.25, 0.3) is 0 Å². The van der Waals surface area contributed by atoms with E-state index in [0.717, 1.165) is 63.1 Å². The summed E-state index contributed by atoms with van der Waals surface area (Å²) in [4.78, 5) is 17.0. The Bertz CT molecular complexity index is 793. The zero-order valence-corrected chi connectivity index (χ0v) is 15.4. The average molecular weight is 368 g/mol. The van der Waals surface area contributed by atoms with Gasteiger partial charge in [0.15, 0.2) is 0 Å². The summed E-state index contributed by atoms with van der Waals surface area (Å²) in [5.41, 5.74) is 2.00. The van der Waals surface area contributed by atoms with E-state index in [-0.39, 0.29) is 17.8 Å². The molecule has 0 radical (unpaired) electrons. The predicted molar refractivity (Wildman–Crippen MR) is 103 cm³/mol. The van der Waals surface area contributed by atoms with Gasteiger partial charge in [0.2, 0.25) is 0 Å². The number of fused-ring (bicyclic) bond motifs is 1. The van der Waals surface area contributed by atoms with Crippen LogP contribution in [-0.2, 0) is 6.42 Å². The van der Waals surface area contributed by atoms with Gasteiger partial charge in [0.25, 0.3) is 5.91 Å². The Morgan fingerprint density at radius 3 is 2.70 bits per heavy atom. The van der Waals surface area contributed by atoms with Crippen LogP contribution in [0.1, 0.15) is 28.8 Å². The minimum absolute atomic E-state index is 0.113. The maximum atomic E-state index is 13.0. The van der Waals surface area contributed by atoms with Crippen molar-refractivity contribution in [3.63, 3.8) is 0 Å². The maximum Gasteiger partial charge on any atom is 0.254 e. The molecular weight excluding hydrogens is 343 g/mol. The van der Waals surface area contributed by atoms with Gasteiger partial charge in [-0.15, -0.1) is 0 Å². The number of amides is 1. The summed E-state index contributed by atoms with van der Waals surface area (Å²) in [7, 11) is 0. The number of likely N-dealkylation sites (tertiary alicyclic amines) is 1. The topological polar surface area (TPSA) is 32.8 Å². The molecule has 0 saturated carbocycles. The standard InChI is InChI=1S/C22H25FN2O2/c23-18-7-9-19(10-8-18)27-20-5-3-12-24(16-20)14-15-25-13-11-17-4-1-2-6-21(17)22(25)26/h1-2,4,6-10,20H,3,5,11-16H2. The van der Waals surface area contributed by atoms with Crippen LogP contribution in [-0.4, -0.2) is 54.5 Å². The number of hydrogen-bond donors (Lipinski definition) is 0. The van der Waals surface area contributed by atoms with E-state index in [9.17, 15) is 9.18 Å². The number of piperidine rings is 1. The zero-order valence-electron chi connectivity index (χ0n) is 15.4. The molecule has 2 aromatic carbocycles. The van der Waals surface area contributed by atoms with Gasteiger partial charge in [-0.1, -0.05) is 18.2 Å². The monoisotopic (exact) mass is 368 g/mol. The van der Waals surface area contributed by atoms with E-state index in [1.54, 1.807) is 12.1 Å². The number of carbonyl (C=O) groups is 1. The molecule has 0 aliphatic carbocycles. The lowest BCUT2D eigenvalue weighted by molar-refractivity contribution is 0.0636. The summed E-state index contributed by atoms with van der Waals surface area (Å²) in [6, 6.07) is 14.1. The van der Waals surface area contributed by atoms with E-state index < -0.39 is 0 Å². The van der Waals surface area contributed by atoms with Crippen LogP contribution < -0.4 is 4.74 Å². The molecule has 4 nitrogen and oxygen atoms in total. The van der Waals surface area contributed by atoms with Crippen molar-refractivity contribution in [1.82, 2.24) is 9.80 Å². The molecule has 1 fully saturated rings. The van der Waals surface area contributed by atoms with Gasteiger partial charge in [0.1, 0.15) is 17.7 Å². The Hall–Kier alpha value is -2.40. The number of hydrogen-bond acceptors (Lipinski definition) is 3. The Morgan fingerprint density at radius 2 is 1.85 bits per heavy atom. The highest BCUT2D eigenvalue weighted by molar-refractivity contribution is 5.96. The fourth-order valence-corrected chi connectivity index (χ4v) is 3.97. The molecular formula is C22H25FN2O2. The molecule has 2 aliphatic rings. The fourth-order valence-electron chi connectivity index (χ4n) is 3.97. The van der Waals surface area contributed by atoms with E-state index in [1.165, 1.54) is 12.1 Å². The van der Waals surface area contributed by atoms with E-state index in [0.29, 0.717) is 5.75 Å². The van der Waals surface area contributed by atoms with Crippen molar-refractivity contribution in [3.8, 4) is 5.75 Å². The second-order valence-corrected chi connectivity index (χ2v) is 7.34. The molecule has 1 amide bonds. The molecule has 4 rings (SSSR count). The lowest BCUT2D eigenvalue weighted by atomic mass is 9.99. The van der Waals surface area contributed by atoms with Crippen molar-refractivity contribution >= 4 is 5.91 Å². The smallest absolute Gasteiger partial charge is 0.254 e. The van der Waals surface area contributed by atoms with Crippen molar-refractivity contribution in [2.45, 2.75) is 25.4 Å². The third kappa shape index (κ3) is 4.30. The minimum Gasteiger partial charge on any atom is -0.489 e. The summed E-state index contributed by atoms with van der Waals surface area (Å²) in [5, 5.41) is 0. The molecule has 0 aromatic heterocycles. The molecule has 0 bridgehead atoms. The van der Waals surface area contributed by atoms with Crippen LogP contribution >= 0.6 is 0 Å². The lowest BCUT2D eigenvalue weighted by Crippen LogP contribution is -2.46. The highest BCUT2D eigenvalue weighted by Crippen LogP contribution is 2.21. The van der Waals surface area contributed by atoms with Gasteiger partial charge < -0.3 is 9.64 Å². The van der Waals surface area contributed by atoms with Crippen molar-refractivity contribution in [1.29, 1.82) is 0 Å². The van der Waals surface area contributed by atoms with Crippen molar-refractivity contribution in [2.24, 2.45) is 0 Å². The number of ether oxygens (including phenoxy) is 1. The number of halogens is 1. The Kier molecular flexibility index (Phi) is 5.39. The highest BCUT2D eigenvalue weighted by atomic mass is 19.1. The second kappa shape index (κ2) is 8.09. The summed E-state index contributed by atoms with van der Waals surface area (Å²) in [6.45, 7) is 4.27. The van der Waals surface area contributed by atoms with Crippen LogP contribution in [0.2, 0.25) is 0 Å². The lowest BCUT2D eigenvalue weighted by Gasteiger charge is -2.35. The van der Waals surface area contributed by atoms with Crippen molar-refractivity contribution in [2.75, 3.05) is 32.7 Å². The minimum atomic E-state index is -0.250. The van der Waals surface area contributed by atoms with E-state index in [2.05, 4.69) is 4.90 Å².